The predicted molar refractivity (Wildman–Crippen MR) is 130 cm³/mol. The number of halogens is 1. The Bertz CT molecular complexity index is 569. The first-order chi connectivity index (χ1) is 13.4. The maximum atomic E-state index is 12.4. The summed E-state index contributed by atoms with van der Waals surface area (Å²) in [5, 5.41) is 9.12. The quantitative estimate of drug-likeness (QED) is 0.189. The highest BCUT2D eigenvalue weighted by Crippen LogP contribution is 2.27. The molecule has 0 aromatic rings. The monoisotopic (exact) mass is 541 g/mol. The largest absolute Gasteiger partial charge is 0.444 e. The predicted octanol–water partition coefficient (Wildman–Crippen LogP) is 3.08. The second-order valence-electron chi connectivity index (χ2n) is 9.11. The van der Waals surface area contributed by atoms with Crippen LogP contribution in [0.3, 0.4) is 0 Å². The van der Waals surface area contributed by atoms with Crippen molar-refractivity contribution in [2.45, 2.75) is 78.0 Å². The highest BCUT2D eigenvalue weighted by atomic mass is 127. The summed E-state index contributed by atoms with van der Waals surface area (Å²) in [5.74, 6) is 0.655. The van der Waals surface area contributed by atoms with Crippen LogP contribution in [0.2, 0.25) is 0 Å². The molecule has 0 saturated heterocycles. The van der Waals surface area contributed by atoms with Crippen molar-refractivity contribution in [3.8, 4) is 0 Å². The number of guanidine groups is 1. The Morgan fingerprint density at radius 2 is 1.47 bits per heavy atom. The molecule has 0 aromatic heterocycles. The number of aliphatic imine (C=N–C) groups is 1. The Morgan fingerprint density at radius 3 is 1.97 bits per heavy atom. The maximum Gasteiger partial charge on any atom is 0.410 e. The van der Waals surface area contributed by atoms with E-state index in [0.717, 1.165) is 19.3 Å². The highest BCUT2D eigenvalue weighted by molar-refractivity contribution is 14.0. The van der Waals surface area contributed by atoms with Crippen LogP contribution in [0, 0.1) is 0 Å². The van der Waals surface area contributed by atoms with Gasteiger partial charge in [0, 0.05) is 39.3 Å². The number of amides is 2. The van der Waals surface area contributed by atoms with Crippen LogP contribution in [0.25, 0.3) is 0 Å². The molecule has 1 rings (SSSR count). The van der Waals surface area contributed by atoms with Gasteiger partial charge in [-0.05, 0) is 60.8 Å². The van der Waals surface area contributed by atoms with Crippen molar-refractivity contribution in [1.29, 1.82) is 0 Å². The number of carbonyl (C=O) groups is 2. The first kappa shape index (κ1) is 28.5. The molecule has 1 saturated carbocycles. The van der Waals surface area contributed by atoms with Crippen LogP contribution < -0.4 is 16.0 Å². The van der Waals surface area contributed by atoms with Crippen molar-refractivity contribution in [3.05, 3.63) is 0 Å². The van der Waals surface area contributed by atoms with Gasteiger partial charge in [-0.2, -0.15) is 0 Å². The molecule has 0 aliphatic heterocycles. The van der Waals surface area contributed by atoms with Gasteiger partial charge in [0.2, 0.25) is 0 Å². The number of hydrogen-bond donors (Lipinski definition) is 3. The zero-order valence-electron chi connectivity index (χ0n) is 19.5. The van der Waals surface area contributed by atoms with E-state index in [0.29, 0.717) is 32.1 Å². The third-order valence-corrected chi connectivity index (χ3v) is 3.80. The van der Waals surface area contributed by atoms with Crippen molar-refractivity contribution >= 4 is 42.1 Å². The summed E-state index contributed by atoms with van der Waals surface area (Å²) in [4.78, 5) is 29.9. The van der Waals surface area contributed by atoms with E-state index in [9.17, 15) is 9.59 Å². The summed E-state index contributed by atoms with van der Waals surface area (Å²) in [6, 6.07) is 0.278. The zero-order valence-corrected chi connectivity index (χ0v) is 21.8. The lowest BCUT2D eigenvalue weighted by Gasteiger charge is -2.27. The third kappa shape index (κ3) is 13.7. The van der Waals surface area contributed by atoms with Crippen molar-refractivity contribution in [3.63, 3.8) is 0 Å². The average Bonchev–Trinajstić information content (AvgIpc) is 3.37. The van der Waals surface area contributed by atoms with E-state index in [1.807, 2.05) is 41.5 Å². The van der Waals surface area contributed by atoms with Crippen LogP contribution in [-0.2, 0) is 9.47 Å². The normalized spacial score (nSPS) is 14.3. The fourth-order valence-electron chi connectivity index (χ4n) is 2.44. The standard InChI is InChI=1S/C20H39N5O4.HI/c1-19(2,3)28-17(26)24-12-8-11-22-16(21-7)23-13-14-25(15-9-10-15)18(27)29-20(4,5)6;/h15H,8-14H2,1-7H3,(H,24,26)(H2,21,22,23);1H. The smallest absolute Gasteiger partial charge is 0.410 e. The summed E-state index contributed by atoms with van der Waals surface area (Å²) >= 11 is 0. The summed E-state index contributed by atoms with van der Waals surface area (Å²) in [6.45, 7) is 13.4. The van der Waals surface area contributed by atoms with Crippen molar-refractivity contribution in [1.82, 2.24) is 20.9 Å². The molecule has 1 aliphatic carbocycles. The molecule has 1 aliphatic rings. The first-order valence-corrected chi connectivity index (χ1v) is 10.3. The Labute approximate surface area is 198 Å². The third-order valence-electron chi connectivity index (χ3n) is 3.80. The summed E-state index contributed by atoms with van der Waals surface area (Å²) in [5.41, 5.74) is -0.996. The minimum atomic E-state index is -0.498. The fourth-order valence-corrected chi connectivity index (χ4v) is 2.44. The van der Waals surface area contributed by atoms with E-state index in [-0.39, 0.29) is 36.1 Å². The SMILES string of the molecule is CN=C(NCCCNC(=O)OC(C)(C)C)NCCN(C(=O)OC(C)(C)C)C1CC1.I. The van der Waals surface area contributed by atoms with Crippen LogP contribution in [0.5, 0.6) is 0 Å². The lowest BCUT2D eigenvalue weighted by Crippen LogP contribution is -2.45. The van der Waals surface area contributed by atoms with Crippen molar-refractivity contribution < 1.29 is 19.1 Å². The van der Waals surface area contributed by atoms with E-state index >= 15 is 0 Å². The molecule has 0 unspecified atom stereocenters. The van der Waals surface area contributed by atoms with Gasteiger partial charge >= 0.3 is 12.2 Å². The molecule has 2 amide bonds. The van der Waals surface area contributed by atoms with Gasteiger partial charge in [-0.1, -0.05) is 0 Å². The summed E-state index contributed by atoms with van der Waals surface area (Å²) in [7, 11) is 1.70. The molecule has 176 valence electrons. The topological polar surface area (TPSA) is 104 Å². The number of hydrogen-bond acceptors (Lipinski definition) is 5. The van der Waals surface area contributed by atoms with E-state index < -0.39 is 17.3 Å². The minimum Gasteiger partial charge on any atom is -0.444 e. The van der Waals surface area contributed by atoms with E-state index in [1.54, 1.807) is 11.9 Å². The molecule has 3 N–H and O–H groups in total. The first-order valence-electron chi connectivity index (χ1n) is 10.3. The number of carbonyl (C=O) groups excluding carboxylic acids is 2. The Morgan fingerprint density at radius 1 is 0.933 bits per heavy atom. The fraction of sp³-hybridized carbons (Fsp3) is 0.850. The van der Waals surface area contributed by atoms with Gasteiger partial charge in [-0.25, -0.2) is 9.59 Å². The maximum absolute atomic E-state index is 12.4. The van der Waals surface area contributed by atoms with Gasteiger partial charge in [0.1, 0.15) is 11.2 Å². The number of ether oxygens (including phenoxy) is 2. The number of rotatable bonds is 8. The Hall–Kier alpha value is -1.46. The number of nitrogens with one attached hydrogen (secondary N) is 3. The molecular weight excluding hydrogens is 501 g/mol. The molecule has 0 atom stereocenters. The molecule has 0 spiro atoms. The van der Waals surface area contributed by atoms with Gasteiger partial charge in [-0.3, -0.25) is 4.99 Å². The molecule has 0 aromatic carbocycles. The number of alkyl carbamates (subject to hydrolysis) is 1. The van der Waals surface area contributed by atoms with Gasteiger partial charge in [0.15, 0.2) is 5.96 Å². The van der Waals surface area contributed by atoms with E-state index in [4.69, 9.17) is 9.47 Å². The minimum absolute atomic E-state index is 0. The summed E-state index contributed by atoms with van der Waals surface area (Å²) < 4.78 is 10.7. The van der Waals surface area contributed by atoms with Gasteiger partial charge in [-0.15, -0.1) is 24.0 Å². The Kier molecular flexibility index (Phi) is 12.4. The number of nitrogens with zero attached hydrogens (tertiary/aromatic N) is 2. The molecule has 0 heterocycles. The lowest BCUT2D eigenvalue weighted by atomic mass is 10.2. The molecular formula is C20H40IN5O4. The van der Waals surface area contributed by atoms with Crippen LogP contribution in [0.1, 0.15) is 60.8 Å². The van der Waals surface area contributed by atoms with Crippen molar-refractivity contribution in [2.24, 2.45) is 4.99 Å². The second-order valence-corrected chi connectivity index (χ2v) is 9.11. The Balaban J connectivity index is 0.00000841. The van der Waals surface area contributed by atoms with Gasteiger partial charge < -0.3 is 30.3 Å². The lowest BCUT2D eigenvalue weighted by molar-refractivity contribution is 0.0237. The second kappa shape index (κ2) is 13.1. The molecule has 30 heavy (non-hydrogen) atoms. The van der Waals surface area contributed by atoms with Gasteiger partial charge in [0.05, 0.1) is 0 Å². The molecule has 10 heteroatoms. The summed E-state index contributed by atoms with van der Waals surface area (Å²) in [6.07, 6.45) is 2.10. The molecule has 0 radical (unpaired) electrons. The van der Waals surface area contributed by atoms with Crippen LogP contribution in [0.15, 0.2) is 4.99 Å². The average molecular weight is 541 g/mol. The van der Waals surface area contributed by atoms with Crippen molar-refractivity contribution in [2.75, 3.05) is 33.2 Å². The van der Waals surface area contributed by atoms with Crippen LogP contribution in [0.4, 0.5) is 9.59 Å². The molecule has 1 fully saturated rings. The van der Waals surface area contributed by atoms with Gasteiger partial charge in [0.25, 0.3) is 0 Å². The highest BCUT2D eigenvalue weighted by Gasteiger charge is 2.34. The zero-order chi connectivity index (χ0) is 22.1. The molecule has 0 bridgehead atoms. The van der Waals surface area contributed by atoms with Crippen LogP contribution >= 0.6 is 24.0 Å². The van der Waals surface area contributed by atoms with E-state index in [2.05, 4.69) is 20.9 Å². The van der Waals surface area contributed by atoms with Crippen LogP contribution in [-0.4, -0.2) is 73.5 Å². The van der Waals surface area contributed by atoms with E-state index in [1.165, 1.54) is 0 Å². The molecule has 9 nitrogen and oxygen atoms in total.